The van der Waals surface area contributed by atoms with Gasteiger partial charge in [-0.1, -0.05) is 6.92 Å². The molecule has 1 rings (SSSR count). The fourth-order valence-corrected chi connectivity index (χ4v) is 1.29. The zero-order chi connectivity index (χ0) is 10.2. The largest absolute Gasteiger partial charge is 0.472 e. The molecule has 0 aromatic carbocycles. The second-order valence-electron chi connectivity index (χ2n) is 3.50. The fraction of sp³-hybridized carbons (Fsp3) is 0.636. The van der Waals surface area contributed by atoms with Crippen LogP contribution in [0.1, 0.15) is 25.3 Å². The van der Waals surface area contributed by atoms with Crippen molar-refractivity contribution in [3.05, 3.63) is 24.2 Å². The molecule has 0 aliphatic heterocycles. The molecule has 1 unspecified atom stereocenters. The van der Waals surface area contributed by atoms with E-state index in [0.29, 0.717) is 0 Å². The van der Waals surface area contributed by atoms with Gasteiger partial charge in [-0.2, -0.15) is 0 Å². The number of hydrogen-bond acceptors (Lipinski definition) is 3. The van der Waals surface area contributed by atoms with Gasteiger partial charge in [0.15, 0.2) is 0 Å². The summed E-state index contributed by atoms with van der Waals surface area (Å²) in [6, 6.07) is 2.12. The molecule has 1 heterocycles. The average molecular weight is 197 g/mol. The quantitative estimate of drug-likeness (QED) is 0.680. The highest BCUT2D eigenvalue weighted by atomic mass is 16.5. The van der Waals surface area contributed by atoms with Crippen LogP contribution in [0.25, 0.3) is 0 Å². The molecule has 0 radical (unpaired) electrons. The van der Waals surface area contributed by atoms with Gasteiger partial charge in [-0.15, -0.1) is 0 Å². The van der Waals surface area contributed by atoms with Gasteiger partial charge in [0, 0.05) is 19.3 Å². The molecular weight excluding hydrogens is 178 g/mol. The lowest BCUT2D eigenvalue weighted by molar-refractivity contribution is 0.127. The van der Waals surface area contributed by atoms with E-state index in [1.165, 1.54) is 0 Å². The first-order valence-electron chi connectivity index (χ1n) is 5.17. The first-order valence-corrected chi connectivity index (χ1v) is 5.17. The molecule has 0 bridgehead atoms. The molecular formula is C11H19NO2. The molecule has 0 saturated heterocycles. The highest BCUT2D eigenvalue weighted by Crippen LogP contribution is 2.05. The van der Waals surface area contributed by atoms with Gasteiger partial charge < -0.3 is 14.9 Å². The van der Waals surface area contributed by atoms with Gasteiger partial charge in [0.1, 0.15) is 0 Å². The molecule has 0 spiro atoms. The molecule has 0 aliphatic rings. The SMILES string of the molecule is CCCOCCC(N)Cc1ccoc1. The van der Waals surface area contributed by atoms with E-state index in [9.17, 15) is 0 Å². The lowest BCUT2D eigenvalue weighted by atomic mass is 10.1. The van der Waals surface area contributed by atoms with Crippen LogP contribution in [0.15, 0.2) is 23.0 Å². The van der Waals surface area contributed by atoms with Crippen molar-refractivity contribution in [3.63, 3.8) is 0 Å². The van der Waals surface area contributed by atoms with Crippen molar-refractivity contribution < 1.29 is 9.15 Å². The second-order valence-corrected chi connectivity index (χ2v) is 3.50. The Balaban J connectivity index is 2.07. The summed E-state index contributed by atoms with van der Waals surface area (Å²) in [5.74, 6) is 0. The maximum Gasteiger partial charge on any atom is 0.0935 e. The van der Waals surface area contributed by atoms with Crippen LogP contribution in [0.5, 0.6) is 0 Å². The Bertz CT molecular complexity index is 221. The topological polar surface area (TPSA) is 48.4 Å². The van der Waals surface area contributed by atoms with E-state index in [1.54, 1.807) is 12.5 Å². The van der Waals surface area contributed by atoms with Crippen molar-refractivity contribution >= 4 is 0 Å². The van der Waals surface area contributed by atoms with Crippen molar-refractivity contribution in [1.29, 1.82) is 0 Å². The molecule has 2 N–H and O–H groups in total. The van der Waals surface area contributed by atoms with Crippen molar-refractivity contribution in [1.82, 2.24) is 0 Å². The summed E-state index contributed by atoms with van der Waals surface area (Å²) >= 11 is 0. The summed E-state index contributed by atoms with van der Waals surface area (Å²) in [7, 11) is 0. The van der Waals surface area contributed by atoms with Gasteiger partial charge in [0.2, 0.25) is 0 Å². The van der Waals surface area contributed by atoms with Gasteiger partial charge in [-0.3, -0.25) is 0 Å². The van der Waals surface area contributed by atoms with Crippen LogP contribution in [0.4, 0.5) is 0 Å². The van der Waals surface area contributed by atoms with E-state index in [4.69, 9.17) is 14.9 Å². The summed E-state index contributed by atoms with van der Waals surface area (Å²) in [5, 5.41) is 0. The third-order valence-electron chi connectivity index (χ3n) is 2.06. The minimum absolute atomic E-state index is 0.171. The summed E-state index contributed by atoms with van der Waals surface area (Å²) < 4.78 is 10.3. The molecule has 0 amide bonds. The molecule has 80 valence electrons. The van der Waals surface area contributed by atoms with Gasteiger partial charge in [0.05, 0.1) is 12.5 Å². The Labute approximate surface area is 85.2 Å². The number of ether oxygens (including phenoxy) is 1. The zero-order valence-electron chi connectivity index (χ0n) is 8.74. The number of nitrogens with two attached hydrogens (primary N) is 1. The second kappa shape index (κ2) is 6.62. The molecule has 1 atom stereocenters. The summed E-state index contributed by atoms with van der Waals surface area (Å²) in [6.45, 7) is 3.69. The Kier molecular flexibility index (Phi) is 5.33. The highest BCUT2D eigenvalue weighted by molar-refractivity contribution is 5.06. The van der Waals surface area contributed by atoms with Gasteiger partial charge >= 0.3 is 0 Å². The lowest BCUT2D eigenvalue weighted by Crippen LogP contribution is -2.24. The monoisotopic (exact) mass is 197 g/mol. The minimum atomic E-state index is 0.171. The normalized spacial score (nSPS) is 13.0. The Hall–Kier alpha value is -0.800. The van der Waals surface area contributed by atoms with Crippen LogP contribution < -0.4 is 5.73 Å². The van der Waals surface area contributed by atoms with Crippen LogP contribution in [0.3, 0.4) is 0 Å². The molecule has 14 heavy (non-hydrogen) atoms. The van der Waals surface area contributed by atoms with E-state index in [2.05, 4.69) is 6.92 Å². The lowest BCUT2D eigenvalue weighted by Gasteiger charge is -2.09. The van der Waals surface area contributed by atoms with E-state index in [0.717, 1.165) is 38.0 Å². The maximum atomic E-state index is 5.93. The maximum absolute atomic E-state index is 5.93. The number of furan rings is 1. The zero-order valence-corrected chi connectivity index (χ0v) is 8.74. The molecule has 3 heteroatoms. The van der Waals surface area contributed by atoms with Gasteiger partial charge in [0.25, 0.3) is 0 Å². The summed E-state index contributed by atoms with van der Waals surface area (Å²) in [5.41, 5.74) is 7.09. The molecule has 0 aliphatic carbocycles. The Morgan fingerprint density at radius 2 is 2.36 bits per heavy atom. The van der Waals surface area contributed by atoms with Crippen molar-refractivity contribution in [2.24, 2.45) is 5.73 Å². The molecule has 1 aromatic heterocycles. The van der Waals surface area contributed by atoms with E-state index >= 15 is 0 Å². The first kappa shape index (κ1) is 11.3. The van der Waals surface area contributed by atoms with Crippen molar-refractivity contribution in [3.8, 4) is 0 Å². The van der Waals surface area contributed by atoms with Crippen molar-refractivity contribution in [2.45, 2.75) is 32.2 Å². The molecule has 0 fully saturated rings. The van der Waals surface area contributed by atoms with Crippen molar-refractivity contribution in [2.75, 3.05) is 13.2 Å². The van der Waals surface area contributed by atoms with Gasteiger partial charge in [-0.25, -0.2) is 0 Å². The summed E-state index contributed by atoms with van der Waals surface area (Å²) in [4.78, 5) is 0. The predicted molar refractivity (Wildman–Crippen MR) is 56.1 cm³/mol. The fourth-order valence-electron chi connectivity index (χ4n) is 1.29. The highest BCUT2D eigenvalue weighted by Gasteiger charge is 2.04. The molecule has 1 aromatic rings. The number of rotatable bonds is 7. The van der Waals surface area contributed by atoms with E-state index in [-0.39, 0.29) is 6.04 Å². The van der Waals surface area contributed by atoms with Crippen LogP contribution >= 0.6 is 0 Å². The van der Waals surface area contributed by atoms with Gasteiger partial charge in [-0.05, 0) is 30.9 Å². The number of hydrogen-bond donors (Lipinski definition) is 1. The molecule has 3 nitrogen and oxygen atoms in total. The minimum Gasteiger partial charge on any atom is -0.472 e. The summed E-state index contributed by atoms with van der Waals surface area (Å²) in [6.07, 6.45) is 6.26. The first-order chi connectivity index (χ1) is 6.83. The average Bonchev–Trinajstić information content (AvgIpc) is 2.65. The standard InChI is InChI=1S/C11H19NO2/c1-2-5-13-7-4-11(12)8-10-3-6-14-9-10/h3,6,9,11H,2,4-5,7-8,12H2,1H3. The van der Waals surface area contributed by atoms with E-state index < -0.39 is 0 Å². The van der Waals surface area contributed by atoms with Crippen LogP contribution in [0.2, 0.25) is 0 Å². The third kappa shape index (κ3) is 4.44. The van der Waals surface area contributed by atoms with Crippen LogP contribution in [-0.4, -0.2) is 19.3 Å². The van der Waals surface area contributed by atoms with E-state index in [1.807, 2.05) is 6.07 Å². The molecule has 0 saturated carbocycles. The van der Waals surface area contributed by atoms with Crippen LogP contribution in [-0.2, 0) is 11.2 Å². The predicted octanol–water partition coefficient (Wildman–Crippen LogP) is 1.97. The Morgan fingerprint density at radius 1 is 1.50 bits per heavy atom. The Morgan fingerprint density at radius 3 is 3.00 bits per heavy atom. The smallest absolute Gasteiger partial charge is 0.0935 e. The van der Waals surface area contributed by atoms with Crippen LogP contribution in [0, 0.1) is 0 Å². The third-order valence-corrected chi connectivity index (χ3v) is 2.06.